The maximum absolute atomic E-state index is 11.7. The van der Waals surface area contributed by atoms with E-state index in [2.05, 4.69) is 12.2 Å². The summed E-state index contributed by atoms with van der Waals surface area (Å²) in [6.07, 6.45) is 2.39. The number of amides is 1. The lowest BCUT2D eigenvalue weighted by Crippen LogP contribution is -2.03. The van der Waals surface area contributed by atoms with Crippen LogP contribution in [0, 0.1) is 0 Å². The van der Waals surface area contributed by atoms with Crippen molar-refractivity contribution >= 4 is 28.9 Å². The van der Waals surface area contributed by atoms with Crippen LogP contribution in [-0.2, 0) is 4.79 Å². The lowest BCUT2D eigenvalue weighted by molar-refractivity contribution is -0.110. The average molecular weight is 233 g/mol. The molecular formula is C13H15NOS. The zero-order chi connectivity index (χ0) is 11.4. The first-order chi connectivity index (χ1) is 7.83. The summed E-state index contributed by atoms with van der Waals surface area (Å²) >= 11 is 1.72. The molecule has 84 valence electrons. The number of para-hydroxylation sites is 1. The standard InChI is InChI=1S/C13H15NOS/c1-2-3-8-16-9-11-10-6-4-5-7-12(10)14-13(11)15/h4-7,9H,2-3,8H2,1H3,(H,14,15)/b11-9+. The molecule has 0 aliphatic carbocycles. The highest BCUT2D eigenvalue weighted by molar-refractivity contribution is 8.02. The zero-order valence-corrected chi connectivity index (χ0v) is 10.1. The van der Waals surface area contributed by atoms with E-state index in [1.165, 1.54) is 12.8 Å². The molecule has 0 unspecified atom stereocenters. The predicted octanol–water partition coefficient (Wildman–Crippen LogP) is 3.51. The van der Waals surface area contributed by atoms with Gasteiger partial charge in [0.15, 0.2) is 0 Å². The van der Waals surface area contributed by atoms with Gasteiger partial charge in [-0.05, 0) is 23.6 Å². The van der Waals surface area contributed by atoms with Crippen molar-refractivity contribution in [1.29, 1.82) is 0 Å². The van der Waals surface area contributed by atoms with Crippen molar-refractivity contribution < 1.29 is 4.79 Å². The Balaban J connectivity index is 2.12. The van der Waals surface area contributed by atoms with Crippen molar-refractivity contribution in [1.82, 2.24) is 0 Å². The molecule has 3 heteroatoms. The van der Waals surface area contributed by atoms with E-state index >= 15 is 0 Å². The van der Waals surface area contributed by atoms with E-state index in [1.54, 1.807) is 11.8 Å². The fourth-order valence-electron chi connectivity index (χ4n) is 1.63. The van der Waals surface area contributed by atoms with Gasteiger partial charge in [0.1, 0.15) is 0 Å². The normalized spacial score (nSPS) is 16.3. The first-order valence-corrected chi connectivity index (χ1v) is 6.60. The van der Waals surface area contributed by atoms with Crippen LogP contribution in [0.15, 0.2) is 29.7 Å². The summed E-state index contributed by atoms with van der Waals surface area (Å²) in [6.45, 7) is 2.17. The number of hydrogen-bond acceptors (Lipinski definition) is 2. The molecule has 0 spiro atoms. The van der Waals surface area contributed by atoms with Gasteiger partial charge < -0.3 is 5.32 Å². The van der Waals surface area contributed by atoms with Gasteiger partial charge in [0.05, 0.1) is 5.57 Å². The molecular weight excluding hydrogens is 218 g/mol. The van der Waals surface area contributed by atoms with E-state index in [4.69, 9.17) is 0 Å². The number of benzene rings is 1. The highest BCUT2D eigenvalue weighted by Crippen LogP contribution is 2.32. The molecule has 0 saturated carbocycles. The topological polar surface area (TPSA) is 29.1 Å². The summed E-state index contributed by atoms with van der Waals surface area (Å²) in [4.78, 5) is 11.7. The van der Waals surface area contributed by atoms with Crippen molar-refractivity contribution in [3.8, 4) is 0 Å². The van der Waals surface area contributed by atoms with Gasteiger partial charge in [0.25, 0.3) is 5.91 Å². The third-order valence-corrected chi connectivity index (χ3v) is 3.45. The Morgan fingerprint density at radius 1 is 1.38 bits per heavy atom. The first-order valence-electron chi connectivity index (χ1n) is 5.55. The van der Waals surface area contributed by atoms with Gasteiger partial charge in [0.2, 0.25) is 0 Å². The number of anilines is 1. The third-order valence-electron chi connectivity index (χ3n) is 2.53. The summed E-state index contributed by atoms with van der Waals surface area (Å²) in [5.74, 6) is 1.10. The predicted molar refractivity (Wildman–Crippen MR) is 70.4 cm³/mol. The van der Waals surface area contributed by atoms with E-state index in [1.807, 2.05) is 29.7 Å². The highest BCUT2D eigenvalue weighted by atomic mass is 32.2. The van der Waals surface area contributed by atoms with Crippen LogP contribution in [0.5, 0.6) is 0 Å². The molecule has 1 aliphatic heterocycles. The van der Waals surface area contributed by atoms with E-state index in [0.717, 1.165) is 22.6 Å². The summed E-state index contributed by atoms with van der Waals surface area (Å²) in [6, 6.07) is 7.82. The number of unbranched alkanes of at least 4 members (excludes halogenated alkanes) is 1. The fraction of sp³-hybridized carbons (Fsp3) is 0.308. The number of rotatable bonds is 4. The minimum atomic E-state index is 0.0187. The zero-order valence-electron chi connectivity index (χ0n) is 9.32. The molecule has 2 nitrogen and oxygen atoms in total. The Bertz CT molecular complexity index is 426. The van der Waals surface area contributed by atoms with Gasteiger partial charge in [-0.25, -0.2) is 0 Å². The molecule has 1 aliphatic rings. The van der Waals surface area contributed by atoms with Gasteiger partial charge in [-0.3, -0.25) is 4.79 Å². The minimum Gasteiger partial charge on any atom is -0.321 e. The molecule has 16 heavy (non-hydrogen) atoms. The molecule has 2 rings (SSSR count). The van der Waals surface area contributed by atoms with Crippen LogP contribution in [-0.4, -0.2) is 11.7 Å². The monoisotopic (exact) mass is 233 g/mol. The van der Waals surface area contributed by atoms with E-state index in [0.29, 0.717) is 0 Å². The van der Waals surface area contributed by atoms with Crippen LogP contribution in [0.2, 0.25) is 0 Å². The molecule has 1 heterocycles. The molecule has 0 fully saturated rings. The Labute approximate surface area is 100 Å². The van der Waals surface area contributed by atoms with Crippen LogP contribution < -0.4 is 5.32 Å². The van der Waals surface area contributed by atoms with E-state index in [9.17, 15) is 4.79 Å². The highest BCUT2D eigenvalue weighted by Gasteiger charge is 2.22. The Morgan fingerprint density at radius 3 is 3.00 bits per heavy atom. The summed E-state index contributed by atoms with van der Waals surface area (Å²) in [7, 11) is 0. The quantitative estimate of drug-likeness (QED) is 0.637. The second kappa shape index (κ2) is 5.21. The number of nitrogens with one attached hydrogen (secondary N) is 1. The summed E-state index contributed by atoms with van der Waals surface area (Å²) in [5, 5.41) is 4.85. The fourth-order valence-corrected chi connectivity index (χ4v) is 2.60. The Hall–Kier alpha value is -1.22. The number of hydrogen-bond donors (Lipinski definition) is 1. The molecule has 0 aromatic heterocycles. The molecule has 0 atom stereocenters. The van der Waals surface area contributed by atoms with E-state index < -0.39 is 0 Å². The van der Waals surface area contributed by atoms with Crippen LogP contribution in [0.4, 0.5) is 5.69 Å². The van der Waals surface area contributed by atoms with Gasteiger partial charge in [-0.15, -0.1) is 11.8 Å². The van der Waals surface area contributed by atoms with Crippen molar-refractivity contribution in [2.24, 2.45) is 0 Å². The third kappa shape index (κ3) is 2.30. The molecule has 0 bridgehead atoms. The van der Waals surface area contributed by atoms with Crippen LogP contribution in [0.3, 0.4) is 0 Å². The second-order valence-corrected chi connectivity index (χ2v) is 4.73. The summed E-state index contributed by atoms with van der Waals surface area (Å²) < 4.78 is 0. The molecule has 0 saturated heterocycles. The molecule has 1 amide bonds. The number of fused-ring (bicyclic) bond motifs is 1. The molecule has 0 radical (unpaired) electrons. The number of thioether (sulfide) groups is 1. The van der Waals surface area contributed by atoms with Gasteiger partial charge in [-0.1, -0.05) is 31.5 Å². The van der Waals surface area contributed by atoms with Crippen molar-refractivity contribution in [2.45, 2.75) is 19.8 Å². The Kier molecular flexibility index (Phi) is 3.67. The largest absolute Gasteiger partial charge is 0.321 e. The average Bonchev–Trinajstić information content (AvgIpc) is 2.61. The molecule has 1 N–H and O–H groups in total. The molecule has 1 aromatic carbocycles. The maximum atomic E-state index is 11.7. The first kappa shape index (κ1) is 11.3. The summed E-state index contributed by atoms with van der Waals surface area (Å²) in [5.41, 5.74) is 2.75. The molecule has 1 aromatic rings. The number of carbonyl (C=O) groups is 1. The maximum Gasteiger partial charge on any atom is 0.256 e. The van der Waals surface area contributed by atoms with Crippen molar-refractivity contribution in [3.05, 3.63) is 35.2 Å². The smallest absolute Gasteiger partial charge is 0.256 e. The second-order valence-electron chi connectivity index (χ2n) is 3.76. The van der Waals surface area contributed by atoms with Crippen LogP contribution in [0.1, 0.15) is 25.3 Å². The SMILES string of the molecule is CCCCS/C=C1/C(=O)Nc2ccccc21. The minimum absolute atomic E-state index is 0.0187. The lowest BCUT2D eigenvalue weighted by atomic mass is 10.1. The van der Waals surface area contributed by atoms with E-state index in [-0.39, 0.29) is 5.91 Å². The number of carbonyl (C=O) groups excluding carboxylic acids is 1. The van der Waals surface area contributed by atoms with Crippen molar-refractivity contribution in [3.63, 3.8) is 0 Å². The van der Waals surface area contributed by atoms with Crippen LogP contribution in [0.25, 0.3) is 5.57 Å². The lowest BCUT2D eigenvalue weighted by Gasteiger charge is -1.97. The van der Waals surface area contributed by atoms with Gasteiger partial charge >= 0.3 is 0 Å². The van der Waals surface area contributed by atoms with Crippen molar-refractivity contribution in [2.75, 3.05) is 11.1 Å². The van der Waals surface area contributed by atoms with Crippen LogP contribution >= 0.6 is 11.8 Å². The Morgan fingerprint density at radius 2 is 2.19 bits per heavy atom. The van der Waals surface area contributed by atoms with Gasteiger partial charge in [-0.2, -0.15) is 0 Å². The van der Waals surface area contributed by atoms with Gasteiger partial charge in [0, 0.05) is 11.3 Å².